The summed E-state index contributed by atoms with van der Waals surface area (Å²) in [4.78, 5) is 27.0. The first kappa shape index (κ1) is 37.3. The Morgan fingerprint density at radius 2 is 0.914 bits per heavy atom. The molecule has 6 heterocycles. The minimum Gasteiger partial charge on any atom is -0.493 e. The molecule has 0 unspecified atom stereocenters. The van der Waals surface area contributed by atoms with Crippen molar-refractivity contribution in [2.24, 2.45) is 0 Å². The van der Waals surface area contributed by atoms with E-state index in [4.69, 9.17) is 47.4 Å². The molecule has 4 aromatic rings. The zero-order valence-electron chi connectivity index (χ0n) is 33.6. The second-order valence-electron chi connectivity index (χ2n) is 15.9. The van der Waals surface area contributed by atoms with E-state index >= 15 is 0 Å². The molecule has 12 heteroatoms. The summed E-state index contributed by atoms with van der Waals surface area (Å²) in [5.74, 6) is 5.11. The molecule has 0 saturated heterocycles. The molecule has 0 saturated carbocycles. The number of Topliss-reactive ketones (excluding diaryl/α,β-unsaturated/α-hetero) is 2. The van der Waals surface area contributed by atoms with E-state index in [0.29, 0.717) is 68.6 Å². The normalized spacial score (nSPS) is 22.7. The molecule has 0 aromatic heterocycles. The lowest BCUT2D eigenvalue weighted by molar-refractivity contribution is 0.0547. The first-order valence-electron chi connectivity index (χ1n) is 19.1. The van der Waals surface area contributed by atoms with Crippen molar-refractivity contribution in [1.29, 1.82) is 0 Å². The maximum atomic E-state index is 13.5. The predicted octanol–water partition coefficient (Wildman–Crippen LogP) is 8.02. The third-order valence-corrected chi connectivity index (χ3v) is 11.2. The number of carbonyl (C=O) groups is 2. The minimum absolute atomic E-state index is 0.00838. The molecule has 12 nitrogen and oxygen atoms in total. The van der Waals surface area contributed by atoms with Crippen LogP contribution in [0.25, 0.3) is 12.2 Å². The molecule has 58 heavy (non-hydrogen) atoms. The minimum atomic E-state index is -0.464. The summed E-state index contributed by atoms with van der Waals surface area (Å²) in [6, 6.07) is 14.4. The second kappa shape index (κ2) is 13.7. The van der Waals surface area contributed by atoms with E-state index < -0.39 is 35.2 Å². The Labute approximate surface area is 336 Å². The lowest BCUT2D eigenvalue weighted by Crippen LogP contribution is -2.43. The van der Waals surface area contributed by atoms with E-state index in [9.17, 15) is 9.59 Å². The van der Waals surface area contributed by atoms with Crippen LogP contribution in [-0.4, -0.2) is 76.6 Å². The van der Waals surface area contributed by atoms with Crippen LogP contribution in [0.4, 0.5) is 0 Å². The number of carbonyl (C=O) groups excluding carboxylic acids is 2. The van der Waals surface area contributed by atoms with Crippen LogP contribution in [0.15, 0.2) is 60.7 Å². The van der Waals surface area contributed by atoms with Crippen LogP contribution in [0.5, 0.6) is 57.5 Å². The molecule has 300 valence electrons. The van der Waals surface area contributed by atoms with Crippen LogP contribution in [-0.2, 0) is 0 Å². The third-order valence-electron chi connectivity index (χ3n) is 11.2. The zero-order chi connectivity index (χ0) is 40.7. The topological polar surface area (TPSA) is 126 Å². The summed E-state index contributed by atoms with van der Waals surface area (Å²) < 4.78 is 58.1. The molecule has 6 aliphatic heterocycles. The molecule has 0 radical (unpaired) electrons. The van der Waals surface area contributed by atoms with E-state index in [2.05, 4.69) is 0 Å². The Balaban J connectivity index is 0.000000150. The van der Waals surface area contributed by atoms with Gasteiger partial charge in [0.15, 0.2) is 34.6 Å². The lowest BCUT2D eigenvalue weighted by atomic mass is 9.81. The number of methoxy groups -OCH3 is 4. The SMILES string of the molecule is COc1cc2c(cc1OC)[C@@H]1C(=O)c3ccc4c(c3O[C@@H]1CO2)C=CC(C)(C)O4.COc1cc2c(cc1OC)[C@@H]1C(=O)c3ccc4c(c3O[C@@H]1CO2)C=CC(C)(C)O4. The van der Waals surface area contributed by atoms with Crippen LogP contribution < -0.4 is 47.4 Å². The molecule has 0 fully saturated rings. The molecule has 6 aliphatic rings. The molecular formula is C46H44O12. The predicted molar refractivity (Wildman–Crippen MR) is 213 cm³/mol. The number of rotatable bonds is 4. The molecular weight excluding hydrogens is 744 g/mol. The quantitative estimate of drug-likeness (QED) is 0.199. The van der Waals surface area contributed by atoms with Crippen LogP contribution in [0.3, 0.4) is 0 Å². The van der Waals surface area contributed by atoms with Gasteiger partial charge in [0.2, 0.25) is 0 Å². The summed E-state index contributed by atoms with van der Waals surface area (Å²) in [5.41, 5.74) is 3.41. The molecule has 4 aromatic carbocycles. The fourth-order valence-electron chi connectivity index (χ4n) is 8.39. The maximum Gasteiger partial charge on any atom is 0.178 e. The average molecular weight is 789 g/mol. The van der Waals surface area contributed by atoms with Gasteiger partial charge in [-0.1, -0.05) is 0 Å². The number of fused-ring (bicyclic) bond motifs is 12. The first-order chi connectivity index (χ1) is 27.8. The van der Waals surface area contributed by atoms with Crippen molar-refractivity contribution in [3.63, 3.8) is 0 Å². The highest BCUT2D eigenvalue weighted by Crippen LogP contribution is 2.51. The molecule has 4 atom stereocenters. The molecule has 0 amide bonds. The number of hydrogen-bond donors (Lipinski definition) is 0. The number of hydrogen-bond acceptors (Lipinski definition) is 12. The van der Waals surface area contributed by atoms with Crippen molar-refractivity contribution in [1.82, 2.24) is 0 Å². The molecule has 0 spiro atoms. The Morgan fingerprint density at radius 1 is 0.534 bits per heavy atom. The van der Waals surface area contributed by atoms with Crippen LogP contribution in [0, 0.1) is 0 Å². The highest BCUT2D eigenvalue weighted by Gasteiger charge is 2.46. The van der Waals surface area contributed by atoms with E-state index in [1.807, 2.05) is 64.1 Å². The number of ether oxygens (including phenoxy) is 10. The summed E-state index contributed by atoms with van der Waals surface area (Å²) in [7, 11) is 6.28. The van der Waals surface area contributed by atoms with Gasteiger partial charge in [0.1, 0.15) is 71.1 Å². The van der Waals surface area contributed by atoms with Gasteiger partial charge in [-0.25, -0.2) is 0 Å². The van der Waals surface area contributed by atoms with Crippen molar-refractivity contribution in [2.75, 3.05) is 41.7 Å². The summed E-state index contributed by atoms with van der Waals surface area (Å²) in [5, 5.41) is 0. The molecule has 10 rings (SSSR count). The third kappa shape index (κ3) is 6.04. The van der Waals surface area contributed by atoms with Crippen molar-refractivity contribution in [2.45, 2.75) is 62.9 Å². The van der Waals surface area contributed by atoms with Crippen molar-refractivity contribution < 1.29 is 57.0 Å². The van der Waals surface area contributed by atoms with E-state index in [0.717, 1.165) is 22.3 Å². The van der Waals surface area contributed by atoms with Gasteiger partial charge >= 0.3 is 0 Å². The van der Waals surface area contributed by atoms with Gasteiger partial charge in [0.25, 0.3) is 0 Å². The zero-order valence-corrected chi connectivity index (χ0v) is 33.6. The maximum absolute atomic E-state index is 13.5. The molecule has 0 bridgehead atoms. The van der Waals surface area contributed by atoms with Gasteiger partial charge in [0, 0.05) is 23.3 Å². The van der Waals surface area contributed by atoms with Crippen LogP contribution in [0.2, 0.25) is 0 Å². The van der Waals surface area contributed by atoms with Gasteiger partial charge in [-0.3, -0.25) is 9.59 Å². The van der Waals surface area contributed by atoms with E-state index in [-0.39, 0.29) is 24.8 Å². The van der Waals surface area contributed by atoms with Gasteiger partial charge in [-0.05, 0) is 88.4 Å². The van der Waals surface area contributed by atoms with E-state index in [1.165, 1.54) is 0 Å². The van der Waals surface area contributed by atoms with Gasteiger partial charge in [-0.2, -0.15) is 0 Å². The monoisotopic (exact) mass is 788 g/mol. The van der Waals surface area contributed by atoms with Crippen molar-refractivity contribution in [3.8, 4) is 57.5 Å². The van der Waals surface area contributed by atoms with Crippen molar-refractivity contribution in [3.05, 3.63) is 94.1 Å². The molecule has 0 aliphatic carbocycles. The first-order valence-corrected chi connectivity index (χ1v) is 19.1. The summed E-state index contributed by atoms with van der Waals surface area (Å²) in [6.45, 7) is 8.50. The van der Waals surface area contributed by atoms with Gasteiger partial charge < -0.3 is 47.4 Å². The average Bonchev–Trinajstić information content (AvgIpc) is 3.21. The lowest BCUT2D eigenvalue weighted by Gasteiger charge is -2.38. The Hall–Kier alpha value is -6.30. The van der Waals surface area contributed by atoms with Crippen molar-refractivity contribution >= 4 is 23.7 Å². The standard InChI is InChI=1S/2C23H22O6/c2*1-23(2)8-7-12-15(29-23)6-5-13-21(24)20-14-9-17(25-3)18(26-4)10-16(14)27-11-19(20)28-22(12)13/h2*5-10,19-20H,11H2,1-4H3/t2*19-,20+/m11/s1. The van der Waals surface area contributed by atoms with Gasteiger partial charge in [-0.15, -0.1) is 0 Å². The fraction of sp³-hybridized carbons (Fsp3) is 0.348. The summed E-state index contributed by atoms with van der Waals surface area (Å²) >= 11 is 0. The van der Waals surface area contributed by atoms with Gasteiger partial charge in [0.05, 0.1) is 62.5 Å². The van der Waals surface area contributed by atoms with Crippen LogP contribution in [0.1, 0.15) is 82.5 Å². The largest absolute Gasteiger partial charge is 0.493 e. The number of ketones is 2. The molecule has 0 N–H and O–H groups in total. The highest BCUT2D eigenvalue weighted by atomic mass is 16.6. The summed E-state index contributed by atoms with van der Waals surface area (Å²) in [6.07, 6.45) is 7.04. The van der Waals surface area contributed by atoms with E-state index in [1.54, 1.807) is 64.8 Å². The van der Waals surface area contributed by atoms with Crippen LogP contribution >= 0.6 is 0 Å². The fourth-order valence-corrected chi connectivity index (χ4v) is 8.39. The Bertz CT molecular complexity index is 2270. The smallest absolute Gasteiger partial charge is 0.178 e. The second-order valence-corrected chi connectivity index (χ2v) is 15.9. The number of benzene rings is 4. The highest BCUT2D eigenvalue weighted by molar-refractivity contribution is 6.07. The Kier molecular flexibility index (Phi) is 8.79. The Morgan fingerprint density at radius 3 is 1.29 bits per heavy atom.